The van der Waals surface area contributed by atoms with E-state index in [4.69, 9.17) is 9.47 Å². The number of hydrogen-bond acceptors (Lipinski definition) is 5. The van der Waals surface area contributed by atoms with Gasteiger partial charge in [0.05, 0.1) is 19.3 Å². The van der Waals surface area contributed by atoms with Crippen molar-refractivity contribution >= 4 is 0 Å². The van der Waals surface area contributed by atoms with Crippen LogP contribution in [0.2, 0.25) is 0 Å². The average molecular weight is 240 g/mol. The smallest absolute Gasteiger partial charge is 0.152 e. The molecule has 1 N–H and O–H groups in total. The predicted octanol–water partition coefficient (Wildman–Crippen LogP) is 0.193. The second kappa shape index (κ2) is 6.68. The maximum absolute atomic E-state index is 5.62. The Bertz CT molecular complexity index is 323. The molecule has 6 nitrogen and oxygen atoms in total. The third-order valence-corrected chi connectivity index (χ3v) is 2.67. The Morgan fingerprint density at radius 2 is 2.59 bits per heavy atom. The second-order valence-corrected chi connectivity index (χ2v) is 4.11. The fraction of sp³-hybridized carbons (Fsp3) is 0.818. The number of nitrogens with zero attached hydrogens (tertiary/aromatic N) is 3. The van der Waals surface area contributed by atoms with Crippen molar-refractivity contribution in [2.45, 2.75) is 32.6 Å². The lowest BCUT2D eigenvalue weighted by Crippen LogP contribution is -2.41. The lowest BCUT2D eigenvalue weighted by Gasteiger charge is -2.23. The van der Waals surface area contributed by atoms with Gasteiger partial charge in [0.1, 0.15) is 12.9 Å². The monoisotopic (exact) mass is 240 g/mol. The van der Waals surface area contributed by atoms with Crippen LogP contribution in [-0.4, -0.2) is 47.2 Å². The summed E-state index contributed by atoms with van der Waals surface area (Å²) in [5.74, 6) is 0.885. The number of morpholine rings is 1. The van der Waals surface area contributed by atoms with Gasteiger partial charge in [0, 0.05) is 19.6 Å². The summed E-state index contributed by atoms with van der Waals surface area (Å²) in [5, 5.41) is 7.43. The molecule has 1 aromatic rings. The van der Waals surface area contributed by atoms with E-state index in [1.807, 2.05) is 4.68 Å². The van der Waals surface area contributed by atoms with E-state index in [2.05, 4.69) is 22.3 Å². The molecular formula is C11H20N4O2. The van der Waals surface area contributed by atoms with Crippen molar-refractivity contribution in [2.75, 3.05) is 26.3 Å². The third-order valence-electron chi connectivity index (χ3n) is 2.67. The van der Waals surface area contributed by atoms with Crippen LogP contribution in [0.1, 0.15) is 19.2 Å². The highest BCUT2D eigenvalue weighted by molar-refractivity contribution is 4.81. The average Bonchev–Trinajstić information content (AvgIpc) is 2.79. The number of nitrogens with one attached hydrogen (secondary N) is 1. The Hall–Kier alpha value is -0.980. The molecule has 1 atom stereocenters. The van der Waals surface area contributed by atoms with Gasteiger partial charge in [0.2, 0.25) is 0 Å². The van der Waals surface area contributed by atoms with E-state index in [9.17, 15) is 0 Å². The van der Waals surface area contributed by atoms with Crippen LogP contribution in [0.5, 0.6) is 0 Å². The van der Waals surface area contributed by atoms with E-state index in [1.54, 1.807) is 6.33 Å². The van der Waals surface area contributed by atoms with Crippen LogP contribution in [0, 0.1) is 0 Å². The number of rotatable bonds is 6. The van der Waals surface area contributed by atoms with Crippen LogP contribution >= 0.6 is 0 Å². The summed E-state index contributed by atoms with van der Waals surface area (Å²) in [6, 6.07) is 0. The molecular weight excluding hydrogens is 220 g/mol. The van der Waals surface area contributed by atoms with Gasteiger partial charge >= 0.3 is 0 Å². The Balaban J connectivity index is 1.71. The standard InChI is InChI=1S/C11H20N4O2/c1-2-4-15-11(13-9-14-15)8-16-7-10-6-12-3-5-17-10/h9-10,12H,2-8H2,1H3. The zero-order valence-electron chi connectivity index (χ0n) is 10.3. The molecule has 17 heavy (non-hydrogen) atoms. The summed E-state index contributed by atoms with van der Waals surface area (Å²) in [7, 11) is 0. The van der Waals surface area contributed by atoms with Crippen molar-refractivity contribution in [2.24, 2.45) is 0 Å². The van der Waals surface area contributed by atoms with Crippen molar-refractivity contribution in [3.63, 3.8) is 0 Å². The molecule has 6 heteroatoms. The zero-order valence-corrected chi connectivity index (χ0v) is 10.3. The molecule has 0 spiro atoms. The Morgan fingerprint density at radius 1 is 1.65 bits per heavy atom. The zero-order chi connectivity index (χ0) is 11.9. The lowest BCUT2D eigenvalue weighted by molar-refractivity contribution is -0.0374. The van der Waals surface area contributed by atoms with E-state index >= 15 is 0 Å². The van der Waals surface area contributed by atoms with E-state index in [1.165, 1.54) is 0 Å². The summed E-state index contributed by atoms with van der Waals surface area (Å²) in [4.78, 5) is 4.19. The second-order valence-electron chi connectivity index (χ2n) is 4.11. The molecule has 0 radical (unpaired) electrons. The van der Waals surface area contributed by atoms with Crippen LogP contribution in [-0.2, 0) is 22.6 Å². The molecule has 1 aromatic heterocycles. The quantitative estimate of drug-likeness (QED) is 0.769. The normalized spacial score (nSPS) is 20.6. The first kappa shape index (κ1) is 12.5. The summed E-state index contributed by atoms with van der Waals surface area (Å²) >= 11 is 0. The van der Waals surface area contributed by atoms with Crippen molar-refractivity contribution in [3.05, 3.63) is 12.2 Å². The van der Waals surface area contributed by atoms with Gasteiger partial charge in [-0.15, -0.1) is 0 Å². The predicted molar refractivity (Wildman–Crippen MR) is 62.6 cm³/mol. The van der Waals surface area contributed by atoms with Crippen LogP contribution < -0.4 is 5.32 Å². The van der Waals surface area contributed by atoms with Crippen LogP contribution in [0.25, 0.3) is 0 Å². The molecule has 0 bridgehead atoms. The largest absolute Gasteiger partial charge is 0.373 e. The number of hydrogen-bond donors (Lipinski definition) is 1. The minimum absolute atomic E-state index is 0.159. The van der Waals surface area contributed by atoms with Crippen molar-refractivity contribution in [1.82, 2.24) is 20.1 Å². The third kappa shape index (κ3) is 3.76. The highest BCUT2D eigenvalue weighted by Gasteiger charge is 2.13. The molecule has 1 saturated heterocycles. The molecule has 0 aliphatic carbocycles. The molecule has 96 valence electrons. The topological polar surface area (TPSA) is 61.2 Å². The van der Waals surface area contributed by atoms with Gasteiger partial charge in [-0.1, -0.05) is 6.92 Å². The van der Waals surface area contributed by atoms with Gasteiger partial charge in [-0.2, -0.15) is 5.10 Å². The SMILES string of the molecule is CCCn1ncnc1COCC1CNCCO1. The Labute approximate surface area is 101 Å². The summed E-state index contributed by atoms with van der Waals surface area (Å²) < 4.78 is 13.0. The van der Waals surface area contributed by atoms with Crippen LogP contribution in [0.4, 0.5) is 0 Å². The maximum atomic E-state index is 5.62. The Kier molecular flexibility index (Phi) is 4.90. The minimum atomic E-state index is 0.159. The molecule has 0 aromatic carbocycles. The number of ether oxygens (including phenoxy) is 2. The molecule has 1 aliphatic rings. The molecule has 0 saturated carbocycles. The number of aromatic nitrogens is 3. The maximum Gasteiger partial charge on any atom is 0.152 e. The first-order valence-electron chi connectivity index (χ1n) is 6.17. The summed E-state index contributed by atoms with van der Waals surface area (Å²) in [5.41, 5.74) is 0. The first-order valence-corrected chi connectivity index (χ1v) is 6.17. The van der Waals surface area contributed by atoms with Gasteiger partial charge in [-0.05, 0) is 6.42 Å². The molecule has 1 unspecified atom stereocenters. The molecule has 2 heterocycles. The lowest BCUT2D eigenvalue weighted by atomic mass is 10.3. The Morgan fingerprint density at radius 3 is 3.35 bits per heavy atom. The van der Waals surface area contributed by atoms with E-state index < -0.39 is 0 Å². The fourth-order valence-corrected chi connectivity index (χ4v) is 1.81. The number of aryl methyl sites for hydroxylation is 1. The highest BCUT2D eigenvalue weighted by atomic mass is 16.5. The van der Waals surface area contributed by atoms with Crippen LogP contribution in [0.3, 0.4) is 0 Å². The first-order chi connectivity index (χ1) is 8.40. The molecule has 1 fully saturated rings. The van der Waals surface area contributed by atoms with Gasteiger partial charge in [0.15, 0.2) is 5.82 Å². The molecule has 0 amide bonds. The highest BCUT2D eigenvalue weighted by Crippen LogP contribution is 2.01. The van der Waals surface area contributed by atoms with Gasteiger partial charge in [-0.25, -0.2) is 9.67 Å². The van der Waals surface area contributed by atoms with Crippen molar-refractivity contribution in [1.29, 1.82) is 0 Å². The summed E-state index contributed by atoms with van der Waals surface area (Å²) in [6.45, 7) is 6.67. The van der Waals surface area contributed by atoms with Crippen molar-refractivity contribution < 1.29 is 9.47 Å². The van der Waals surface area contributed by atoms with E-state index in [0.29, 0.717) is 13.2 Å². The van der Waals surface area contributed by atoms with Gasteiger partial charge < -0.3 is 14.8 Å². The van der Waals surface area contributed by atoms with E-state index in [-0.39, 0.29) is 6.10 Å². The van der Waals surface area contributed by atoms with Gasteiger partial charge in [0.25, 0.3) is 0 Å². The summed E-state index contributed by atoms with van der Waals surface area (Å²) in [6.07, 6.45) is 2.78. The minimum Gasteiger partial charge on any atom is -0.373 e. The van der Waals surface area contributed by atoms with Crippen LogP contribution in [0.15, 0.2) is 6.33 Å². The van der Waals surface area contributed by atoms with Crippen molar-refractivity contribution in [3.8, 4) is 0 Å². The van der Waals surface area contributed by atoms with E-state index in [0.717, 1.165) is 38.5 Å². The fourth-order valence-electron chi connectivity index (χ4n) is 1.81. The molecule has 1 aliphatic heterocycles. The molecule has 2 rings (SSSR count). The van der Waals surface area contributed by atoms with Gasteiger partial charge in [-0.3, -0.25) is 0 Å².